The molecule has 0 unspecified atom stereocenters. The summed E-state index contributed by atoms with van der Waals surface area (Å²) in [4.78, 5) is 4.41. The smallest absolute Gasteiger partial charge is 0.0960 e. The fraction of sp³-hybridized carbons (Fsp3) is 0.875. The summed E-state index contributed by atoms with van der Waals surface area (Å²) in [5.74, 6) is 1.17. The lowest BCUT2D eigenvalue weighted by molar-refractivity contribution is 0.360. The van der Waals surface area contributed by atoms with Crippen LogP contribution in [0.3, 0.4) is 0 Å². The average molecular weight is 140 g/mol. The third kappa shape index (κ3) is 1.72. The number of nitrogens with zero attached hydrogens (tertiary/aromatic N) is 1. The van der Waals surface area contributed by atoms with E-state index in [0.29, 0.717) is 5.41 Å². The van der Waals surface area contributed by atoms with Gasteiger partial charge in [0.25, 0.3) is 0 Å². The summed E-state index contributed by atoms with van der Waals surface area (Å²) in [6, 6.07) is 0. The second-order valence-electron chi connectivity index (χ2n) is 3.63. The van der Waals surface area contributed by atoms with Crippen molar-refractivity contribution in [3.8, 4) is 0 Å². The van der Waals surface area contributed by atoms with Crippen LogP contribution in [0.15, 0.2) is 4.99 Å². The number of hydrogen-bond acceptors (Lipinski definition) is 2. The molecule has 0 aliphatic carbocycles. The molecule has 1 N–H and O–H groups in total. The molecule has 0 aromatic rings. The van der Waals surface area contributed by atoms with Crippen LogP contribution in [0.2, 0.25) is 0 Å². The standard InChI is InChI=1S/C8H16N2/c1-4-7-9-5-8(2,3)6-10-7/h4-6H2,1-3H3,(H,9,10). The SMILES string of the molecule is CCC1=NCC(C)(C)CN1. The highest BCUT2D eigenvalue weighted by Crippen LogP contribution is 2.16. The van der Waals surface area contributed by atoms with Gasteiger partial charge in [0.1, 0.15) is 0 Å². The van der Waals surface area contributed by atoms with Gasteiger partial charge in [0, 0.05) is 24.9 Å². The Kier molecular flexibility index (Phi) is 1.97. The molecule has 0 bridgehead atoms. The van der Waals surface area contributed by atoms with Gasteiger partial charge in [-0.3, -0.25) is 4.99 Å². The highest BCUT2D eigenvalue weighted by atomic mass is 15.0. The summed E-state index contributed by atoms with van der Waals surface area (Å²) in [6.07, 6.45) is 1.04. The van der Waals surface area contributed by atoms with Crippen LogP contribution in [0.1, 0.15) is 27.2 Å². The van der Waals surface area contributed by atoms with Crippen molar-refractivity contribution in [2.75, 3.05) is 13.1 Å². The van der Waals surface area contributed by atoms with Crippen molar-refractivity contribution in [3.05, 3.63) is 0 Å². The fourth-order valence-electron chi connectivity index (χ4n) is 0.999. The maximum Gasteiger partial charge on any atom is 0.0960 e. The van der Waals surface area contributed by atoms with Crippen molar-refractivity contribution < 1.29 is 0 Å². The lowest BCUT2D eigenvalue weighted by Crippen LogP contribution is -2.40. The third-order valence-electron chi connectivity index (χ3n) is 1.80. The van der Waals surface area contributed by atoms with Gasteiger partial charge in [-0.1, -0.05) is 20.8 Å². The Bertz CT molecular complexity index is 147. The average Bonchev–Trinajstić information content (AvgIpc) is 1.88. The van der Waals surface area contributed by atoms with Crippen LogP contribution >= 0.6 is 0 Å². The Balaban J connectivity index is 2.52. The number of amidine groups is 1. The second-order valence-corrected chi connectivity index (χ2v) is 3.63. The van der Waals surface area contributed by atoms with Gasteiger partial charge in [0.2, 0.25) is 0 Å². The third-order valence-corrected chi connectivity index (χ3v) is 1.80. The molecule has 0 spiro atoms. The minimum Gasteiger partial charge on any atom is -0.373 e. The van der Waals surface area contributed by atoms with E-state index in [2.05, 4.69) is 31.1 Å². The summed E-state index contributed by atoms with van der Waals surface area (Å²) >= 11 is 0. The fourth-order valence-corrected chi connectivity index (χ4v) is 0.999. The maximum atomic E-state index is 4.41. The van der Waals surface area contributed by atoms with Gasteiger partial charge in [-0.05, 0) is 0 Å². The van der Waals surface area contributed by atoms with Gasteiger partial charge < -0.3 is 5.32 Å². The van der Waals surface area contributed by atoms with Gasteiger partial charge >= 0.3 is 0 Å². The van der Waals surface area contributed by atoms with E-state index in [1.165, 1.54) is 5.84 Å². The molecule has 0 atom stereocenters. The van der Waals surface area contributed by atoms with E-state index in [1.807, 2.05) is 0 Å². The van der Waals surface area contributed by atoms with E-state index < -0.39 is 0 Å². The van der Waals surface area contributed by atoms with Crippen LogP contribution in [0, 0.1) is 5.41 Å². The van der Waals surface area contributed by atoms with E-state index in [0.717, 1.165) is 19.5 Å². The predicted molar refractivity (Wildman–Crippen MR) is 44.4 cm³/mol. The van der Waals surface area contributed by atoms with E-state index in [4.69, 9.17) is 0 Å². The number of nitrogens with one attached hydrogen (secondary N) is 1. The topological polar surface area (TPSA) is 24.4 Å². The van der Waals surface area contributed by atoms with Crippen molar-refractivity contribution in [3.63, 3.8) is 0 Å². The molecule has 1 heterocycles. The lowest BCUT2D eigenvalue weighted by atomic mass is 9.92. The normalized spacial score (nSPS) is 23.3. The van der Waals surface area contributed by atoms with E-state index >= 15 is 0 Å². The summed E-state index contributed by atoms with van der Waals surface area (Å²) in [5.41, 5.74) is 0.360. The van der Waals surface area contributed by atoms with Gasteiger partial charge in [-0.25, -0.2) is 0 Å². The molecule has 2 heteroatoms. The Hall–Kier alpha value is -0.530. The molecule has 0 aromatic carbocycles. The minimum absolute atomic E-state index is 0.360. The molecule has 1 aliphatic heterocycles. The molecule has 0 saturated carbocycles. The van der Waals surface area contributed by atoms with Crippen LogP contribution in [-0.2, 0) is 0 Å². The molecule has 2 nitrogen and oxygen atoms in total. The number of hydrogen-bond donors (Lipinski definition) is 1. The zero-order valence-electron chi connectivity index (χ0n) is 7.07. The molecule has 0 fully saturated rings. The Morgan fingerprint density at radius 2 is 2.30 bits per heavy atom. The van der Waals surface area contributed by atoms with Gasteiger partial charge in [-0.2, -0.15) is 0 Å². The lowest BCUT2D eigenvalue weighted by Gasteiger charge is -2.28. The first-order valence-electron chi connectivity index (χ1n) is 3.91. The molecule has 1 rings (SSSR count). The molecule has 0 radical (unpaired) electrons. The first-order valence-corrected chi connectivity index (χ1v) is 3.91. The molecule has 58 valence electrons. The largest absolute Gasteiger partial charge is 0.373 e. The zero-order chi connectivity index (χ0) is 7.61. The van der Waals surface area contributed by atoms with Crippen LogP contribution < -0.4 is 5.32 Å². The Morgan fingerprint density at radius 3 is 2.70 bits per heavy atom. The number of rotatable bonds is 1. The summed E-state index contributed by atoms with van der Waals surface area (Å²) < 4.78 is 0. The van der Waals surface area contributed by atoms with Crippen molar-refractivity contribution >= 4 is 5.84 Å². The summed E-state index contributed by atoms with van der Waals surface area (Å²) in [5, 5.41) is 3.31. The second kappa shape index (κ2) is 2.60. The minimum atomic E-state index is 0.360. The van der Waals surface area contributed by atoms with Crippen molar-refractivity contribution in [2.24, 2.45) is 10.4 Å². The predicted octanol–water partition coefficient (Wildman–Crippen LogP) is 1.42. The molecule has 10 heavy (non-hydrogen) atoms. The summed E-state index contributed by atoms with van der Waals surface area (Å²) in [6.45, 7) is 8.64. The van der Waals surface area contributed by atoms with Crippen molar-refractivity contribution in [1.82, 2.24) is 5.32 Å². The van der Waals surface area contributed by atoms with Crippen LogP contribution in [-0.4, -0.2) is 18.9 Å². The Morgan fingerprint density at radius 1 is 1.60 bits per heavy atom. The molecular weight excluding hydrogens is 124 g/mol. The zero-order valence-corrected chi connectivity index (χ0v) is 7.07. The van der Waals surface area contributed by atoms with Gasteiger partial charge in [0.05, 0.1) is 5.84 Å². The molecule has 0 amide bonds. The van der Waals surface area contributed by atoms with Crippen LogP contribution in [0.5, 0.6) is 0 Å². The van der Waals surface area contributed by atoms with Crippen LogP contribution in [0.25, 0.3) is 0 Å². The van der Waals surface area contributed by atoms with Crippen LogP contribution in [0.4, 0.5) is 0 Å². The van der Waals surface area contributed by atoms with Gasteiger partial charge in [0.15, 0.2) is 0 Å². The van der Waals surface area contributed by atoms with E-state index in [-0.39, 0.29) is 0 Å². The monoisotopic (exact) mass is 140 g/mol. The first kappa shape index (κ1) is 7.58. The highest BCUT2D eigenvalue weighted by molar-refractivity contribution is 5.82. The first-order chi connectivity index (χ1) is 4.64. The molecule has 0 aromatic heterocycles. The van der Waals surface area contributed by atoms with Crippen molar-refractivity contribution in [1.29, 1.82) is 0 Å². The number of aliphatic imine (C=N–C) groups is 1. The van der Waals surface area contributed by atoms with Crippen molar-refractivity contribution in [2.45, 2.75) is 27.2 Å². The van der Waals surface area contributed by atoms with E-state index in [1.54, 1.807) is 0 Å². The molecule has 0 saturated heterocycles. The summed E-state index contributed by atoms with van der Waals surface area (Å²) in [7, 11) is 0. The molecular formula is C8H16N2. The van der Waals surface area contributed by atoms with E-state index in [9.17, 15) is 0 Å². The van der Waals surface area contributed by atoms with Gasteiger partial charge in [-0.15, -0.1) is 0 Å². The highest BCUT2D eigenvalue weighted by Gasteiger charge is 2.20. The quantitative estimate of drug-likeness (QED) is 0.585. The maximum absolute atomic E-state index is 4.41. The Labute approximate surface area is 62.7 Å². The molecule has 1 aliphatic rings.